The number of hydrogen-bond donors (Lipinski definition) is 4. The second kappa shape index (κ2) is 40.6. The summed E-state index contributed by atoms with van der Waals surface area (Å²) in [6, 6.07) is 0. The molecule has 0 rings (SSSR count). The van der Waals surface area contributed by atoms with E-state index in [-0.39, 0.29) is 19.4 Å². The predicted molar refractivity (Wildman–Crippen MR) is 234 cm³/mol. The fraction of sp³-hybridized carbons (Fsp3) is 0.609. The van der Waals surface area contributed by atoms with Gasteiger partial charge in [-0.25, -0.2) is 4.57 Å². The molecule has 12 heteroatoms. The van der Waals surface area contributed by atoms with Gasteiger partial charge in [-0.15, -0.1) is 0 Å². The summed E-state index contributed by atoms with van der Waals surface area (Å²) in [6.45, 7) is 2.01. The van der Waals surface area contributed by atoms with Crippen LogP contribution >= 0.6 is 7.82 Å². The number of carbonyl (C=O) groups excluding carboxylic acids is 2. The third-order valence-electron chi connectivity index (χ3n) is 8.34. The summed E-state index contributed by atoms with van der Waals surface area (Å²) in [5.41, 5.74) is 0. The Hall–Kier alpha value is -3.15. The molecule has 0 radical (unpaired) electrons. The Morgan fingerprint density at radius 1 is 0.603 bits per heavy atom. The summed E-state index contributed by atoms with van der Waals surface area (Å²) in [5.74, 6) is -1.07. The monoisotopic (exact) mass is 835 g/mol. The van der Waals surface area contributed by atoms with Gasteiger partial charge >= 0.3 is 19.8 Å². The van der Waals surface area contributed by atoms with E-state index in [1.807, 2.05) is 48.6 Å². The summed E-state index contributed by atoms with van der Waals surface area (Å²) in [4.78, 5) is 34.9. The largest absolute Gasteiger partial charge is 0.472 e. The molecule has 4 N–H and O–H groups in total. The van der Waals surface area contributed by atoms with Crippen LogP contribution in [0.15, 0.2) is 97.2 Å². The number of carbonyl (C=O) groups is 2. The van der Waals surface area contributed by atoms with Crippen molar-refractivity contribution in [1.29, 1.82) is 0 Å². The van der Waals surface area contributed by atoms with E-state index >= 15 is 0 Å². The molecular formula is C46H75O11P. The fourth-order valence-corrected chi connectivity index (χ4v) is 5.82. The van der Waals surface area contributed by atoms with Crippen LogP contribution in [0.4, 0.5) is 0 Å². The number of allylic oxidation sites excluding steroid dienone is 14. The highest BCUT2D eigenvalue weighted by atomic mass is 31.2. The number of unbranched alkanes of at least 4 members (excludes halogenated alkanes) is 9. The molecule has 0 aromatic carbocycles. The summed E-state index contributed by atoms with van der Waals surface area (Å²) in [7, 11) is -4.65. The zero-order valence-corrected chi connectivity index (χ0v) is 36.2. The summed E-state index contributed by atoms with van der Waals surface area (Å²) in [6.07, 6.45) is 45.7. The molecule has 4 atom stereocenters. The van der Waals surface area contributed by atoms with Crippen molar-refractivity contribution >= 4 is 19.8 Å². The Labute approximate surface area is 349 Å². The van der Waals surface area contributed by atoms with Gasteiger partial charge < -0.3 is 29.7 Å². The first-order chi connectivity index (χ1) is 28.1. The van der Waals surface area contributed by atoms with Crippen LogP contribution in [0, 0.1) is 0 Å². The maximum atomic E-state index is 12.6. The number of phosphoric acid groups is 1. The van der Waals surface area contributed by atoms with E-state index in [4.69, 9.17) is 19.1 Å². The lowest BCUT2D eigenvalue weighted by atomic mass is 10.1. The van der Waals surface area contributed by atoms with Crippen LogP contribution in [0.25, 0.3) is 0 Å². The molecule has 58 heavy (non-hydrogen) atoms. The molecule has 0 aromatic rings. The standard InChI is InChI=1S/C46H75O11P/c1-3-5-7-8-9-10-11-12-13-16-20-23-26-29-33-37-46(51)57-44(41-56-58(52,53)55-39-43(49)38-47)40-54-45(50)36-32-28-25-22-19-17-14-15-18-21-24-27-31-35-42(48)34-30-6-4-2/h6,10-13,15,17-19,24-25,27-28,30-31,35,42-44,47-49H,3-5,7-9,14,16,20-23,26,29,32-34,36-41H2,1-2H3,(H,52,53)/b11-10-,13-12-,18-15-,19-17-,27-24+,28-25-,30-6-,35-31+/t42?,43-,44+/m0/s1. The highest BCUT2D eigenvalue weighted by Crippen LogP contribution is 2.43. The molecule has 0 aliphatic heterocycles. The third-order valence-corrected chi connectivity index (χ3v) is 9.29. The molecular weight excluding hydrogens is 759 g/mol. The number of phosphoric ester groups is 1. The van der Waals surface area contributed by atoms with Crippen LogP contribution in [-0.2, 0) is 32.7 Å². The van der Waals surface area contributed by atoms with E-state index in [2.05, 4.69) is 60.9 Å². The molecule has 2 unspecified atom stereocenters. The second-order valence-corrected chi connectivity index (χ2v) is 15.3. The average molecular weight is 835 g/mol. The molecule has 0 heterocycles. The molecule has 0 aromatic heterocycles. The van der Waals surface area contributed by atoms with Crippen LogP contribution in [-0.4, -0.2) is 76.9 Å². The first-order valence-electron chi connectivity index (χ1n) is 21.3. The second-order valence-electron chi connectivity index (χ2n) is 13.9. The number of rotatable bonds is 38. The van der Waals surface area contributed by atoms with Crippen molar-refractivity contribution in [2.75, 3.05) is 26.4 Å². The Kier molecular flexibility index (Phi) is 38.4. The van der Waals surface area contributed by atoms with Gasteiger partial charge in [0.15, 0.2) is 6.10 Å². The van der Waals surface area contributed by atoms with Crippen molar-refractivity contribution < 1.29 is 52.9 Å². The molecule has 0 aliphatic rings. The van der Waals surface area contributed by atoms with Crippen LogP contribution in [0.2, 0.25) is 0 Å². The average Bonchev–Trinajstić information content (AvgIpc) is 3.20. The zero-order valence-electron chi connectivity index (χ0n) is 35.3. The Morgan fingerprint density at radius 3 is 1.84 bits per heavy atom. The topological polar surface area (TPSA) is 169 Å². The Balaban J connectivity index is 4.51. The number of aliphatic hydroxyl groups excluding tert-OH is 3. The lowest BCUT2D eigenvalue weighted by molar-refractivity contribution is -0.161. The summed E-state index contributed by atoms with van der Waals surface area (Å²) in [5, 5.41) is 28.1. The van der Waals surface area contributed by atoms with Gasteiger partial charge in [0.1, 0.15) is 12.7 Å². The van der Waals surface area contributed by atoms with Gasteiger partial charge in [0.25, 0.3) is 0 Å². The predicted octanol–water partition coefficient (Wildman–Crippen LogP) is 10.2. The van der Waals surface area contributed by atoms with Gasteiger partial charge in [-0.05, 0) is 70.6 Å². The van der Waals surface area contributed by atoms with Crippen LogP contribution in [0.3, 0.4) is 0 Å². The molecule has 330 valence electrons. The van der Waals surface area contributed by atoms with Crippen molar-refractivity contribution in [3.63, 3.8) is 0 Å². The van der Waals surface area contributed by atoms with Crippen molar-refractivity contribution in [2.45, 2.75) is 154 Å². The lowest BCUT2D eigenvalue weighted by Gasteiger charge is -2.20. The molecule has 0 fully saturated rings. The van der Waals surface area contributed by atoms with Crippen molar-refractivity contribution in [3.05, 3.63) is 97.2 Å². The van der Waals surface area contributed by atoms with Crippen LogP contribution < -0.4 is 0 Å². The van der Waals surface area contributed by atoms with E-state index in [1.165, 1.54) is 25.7 Å². The first kappa shape index (κ1) is 54.9. The molecule has 0 saturated heterocycles. The smallest absolute Gasteiger partial charge is 0.462 e. The summed E-state index contributed by atoms with van der Waals surface area (Å²) >= 11 is 0. The van der Waals surface area contributed by atoms with E-state index in [0.717, 1.165) is 57.8 Å². The molecule has 0 spiro atoms. The highest BCUT2D eigenvalue weighted by molar-refractivity contribution is 7.47. The Morgan fingerprint density at radius 2 is 1.19 bits per heavy atom. The molecule has 0 amide bonds. The molecule has 0 saturated carbocycles. The van der Waals surface area contributed by atoms with Gasteiger partial charge in [-0.1, -0.05) is 150 Å². The first-order valence-corrected chi connectivity index (χ1v) is 22.8. The van der Waals surface area contributed by atoms with Gasteiger partial charge in [-0.2, -0.15) is 0 Å². The maximum absolute atomic E-state index is 12.6. The van der Waals surface area contributed by atoms with E-state index in [9.17, 15) is 29.3 Å². The van der Waals surface area contributed by atoms with E-state index < -0.39 is 57.9 Å². The van der Waals surface area contributed by atoms with Crippen molar-refractivity contribution in [3.8, 4) is 0 Å². The minimum Gasteiger partial charge on any atom is -0.462 e. The van der Waals surface area contributed by atoms with Gasteiger partial charge in [0.2, 0.25) is 0 Å². The number of aliphatic hydroxyl groups is 3. The lowest BCUT2D eigenvalue weighted by Crippen LogP contribution is -2.29. The van der Waals surface area contributed by atoms with Crippen LogP contribution in [0.5, 0.6) is 0 Å². The number of ether oxygens (including phenoxy) is 2. The maximum Gasteiger partial charge on any atom is 0.472 e. The Bertz CT molecular complexity index is 1300. The van der Waals surface area contributed by atoms with Gasteiger partial charge in [-0.3, -0.25) is 18.6 Å². The normalized spacial score (nSPS) is 15.3. The minimum atomic E-state index is -4.65. The van der Waals surface area contributed by atoms with Crippen molar-refractivity contribution in [1.82, 2.24) is 0 Å². The quantitative estimate of drug-likeness (QED) is 0.0154. The number of esters is 2. The van der Waals surface area contributed by atoms with Crippen molar-refractivity contribution in [2.24, 2.45) is 0 Å². The minimum absolute atomic E-state index is 0.0916. The SMILES string of the molecule is CC/C=C\CC(O)/C=C/C=C/C/C=C\C/C=C\C/C=C\CCC(=O)OC[C@H](COP(=O)(O)OC[C@@H](O)CO)OC(=O)CCCCCCC/C=C\C=C/CCCCCC. The van der Waals surface area contributed by atoms with E-state index in [1.54, 1.807) is 6.08 Å². The fourth-order valence-electron chi connectivity index (χ4n) is 5.03. The summed E-state index contributed by atoms with van der Waals surface area (Å²) < 4.78 is 32.6. The number of hydrogen-bond acceptors (Lipinski definition) is 10. The zero-order chi connectivity index (χ0) is 42.8. The van der Waals surface area contributed by atoms with E-state index in [0.29, 0.717) is 25.7 Å². The highest BCUT2D eigenvalue weighted by Gasteiger charge is 2.27. The van der Waals surface area contributed by atoms with Crippen LogP contribution in [0.1, 0.15) is 136 Å². The third kappa shape index (κ3) is 39.7. The van der Waals surface area contributed by atoms with Gasteiger partial charge in [0, 0.05) is 12.8 Å². The van der Waals surface area contributed by atoms with Gasteiger partial charge in [0.05, 0.1) is 25.9 Å². The molecule has 11 nitrogen and oxygen atoms in total. The molecule has 0 bridgehead atoms. The molecule has 0 aliphatic carbocycles.